The van der Waals surface area contributed by atoms with Gasteiger partial charge in [0.2, 0.25) is 0 Å². The summed E-state index contributed by atoms with van der Waals surface area (Å²) in [5, 5.41) is 26.0. The van der Waals surface area contributed by atoms with E-state index >= 15 is 0 Å². The van der Waals surface area contributed by atoms with Crippen LogP contribution in [0.25, 0.3) is 0 Å². The van der Waals surface area contributed by atoms with Gasteiger partial charge in [-0.1, -0.05) is 0 Å². The normalized spacial score (nSPS) is 10.8. The summed E-state index contributed by atoms with van der Waals surface area (Å²) in [4.78, 5) is 0. The molecule has 4 nitrogen and oxygen atoms in total. The van der Waals surface area contributed by atoms with E-state index in [9.17, 15) is 0 Å². The molecule has 50 valence electrons. The molecule has 6 heteroatoms. The number of rotatable bonds is 3. The highest BCUT2D eigenvalue weighted by molar-refractivity contribution is 7.13. The van der Waals surface area contributed by atoms with Gasteiger partial charge in [-0.3, -0.25) is 0 Å². The molecule has 0 fully saturated rings. The van der Waals surface area contributed by atoms with Gasteiger partial charge in [0.05, 0.1) is 0 Å². The van der Waals surface area contributed by atoms with Crippen molar-refractivity contribution in [1.82, 2.24) is 5.09 Å². The van der Waals surface area contributed by atoms with Crippen LogP contribution in [0.15, 0.2) is 11.7 Å². The summed E-state index contributed by atoms with van der Waals surface area (Å²) in [5.74, 6) is 0. The monoisotopic (exact) mass is 146 g/mol. The van der Waals surface area contributed by atoms with Crippen molar-refractivity contribution < 1.29 is 10.0 Å². The van der Waals surface area contributed by atoms with Gasteiger partial charge < -0.3 is 20.5 Å². The van der Waals surface area contributed by atoms with Crippen LogP contribution in [0.1, 0.15) is 0 Å². The Morgan fingerprint density at radius 3 is 2.33 bits per heavy atom. The molecule has 0 bridgehead atoms. The summed E-state index contributed by atoms with van der Waals surface area (Å²) >= 11 is 0. The number of nitrogens with one attached hydrogen (secondary N) is 2. The summed E-state index contributed by atoms with van der Waals surface area (Å²) in [6.07, 6.45) is 2.17. The fourth-order valence-electron chi connectivity index (χ4n) is 0.287. The first kappa shape index (κ1) is 8.62. The predicted molar refractivity (Wildman–Crippen MR) is 39.9 cm³/mol. The van der Waals surface area contributed by atoms with Crippen molar-refractivity contribution in [3.63, 3.8) is 0 Å². The molecular weight excluding hydrogens is 138 g/mol. The van der Waals surface area contributed by atoms with Crippen LogP contribution in [0.4, 0.5) is 0 Å². The van der Waals surface area contributed by atoms with Crippen molar-refractivity contribution in [2.45, 2.75) is 0 Å². The van der Waals surface area contributed by atoms with E-state index in [-0.39, 0.29) is 5.47 Å². The van der Waals surface area contributed by atoms with Crippen molar-refractivity contribution in [3.8, 4) is 0 Å². The maximum atomic E-state index is 8.43. The van der Waals surface area contributed by atoms with Gasteiger partial charge in [-0.2, -0.15) is 0 Å². The van der Waals surface area contributed by atoms with E-state index in [4.69, 9.17) is 15.5 Å². The minimum atomic E-state index is -1.57. The molecule has 0 aromatic carbocycles. The van der Waals surface area contributed by atoms with Crippen LogP contribution in [0.5, 0.6) is 0 Å². The molecule has 0 radical (unpaired) electrons. The first-order valence-electron chi connectivity index (χ1n) is 2.25. The molecule has 0 spiro atoms. The second kappa shape index (κ2) is 4.50. The lowest BCUT2D eigenvalue weighted by molar-refractivity contribution is 0.421. The van der Waals surface area contributed by atoms with Crippen LogP contribution in [0.2, 0.25) is 0 Å². The van der Waals surface area contributed by atoms with Crippen LogP contribution < -0.4 is 5.09 Å². The molecule has 0 saturated carbocycles. The highest BCUT2D eigenvalue weighted by atomic mass is 31.0. The van der Waals surface area contributed by atoms with Gasteiger partial charge in [-0.05, 0) is 9.39 Å². The van der Waals surface area contributed by atoms with Crippen LogP contribution in [0, 0.1) is 5.41 Å². The lowest BCUT2D eigenvalue weighted by Crippen LogP contribution is -2.17. The van der Waals surface area contributed by atoms with Gasteiger partial charge in [0.1, 0.15) is 0 Å². The molecule has 0 rings (SSSR count). The maximum Gasteiger partial charge on any atom is 0.491 e. The van der Waals surface area contributed by atoms with E-state index in [0.717, 1.165) is 6.21 Å². The largest absolute Gasteiger partial charge is 0.491 e. The standard InChI is InChI=1S/C3H8BN2O2P/c5-1-3(2-6-9)4(7)8/h1-2,5-8H,9H2/b3-2+,5-1?. The highest BCUT2D eigenvalue weighted by Crippen LogP contribution is 1.89. The summed E-state index contributed by atoms with van der Waals surface area (Å²) in [5.41, 5.74) is 0.116. The fourth-order valence-corrected chi connectivity index (χ4v) is 0.479. The zero-order valence-corrected chi connectivity index (χ0v) is 5.86. The number of allylic oxidation sites excluding steroid dienone is 1. The maximum absolute atomic E-state index is 8.43. The van der Waals surface area contributed by atoms with Gasteiger partial charge >= 0.3 is 7.12 Å². The smallest absolute Gasteiger partial charge is 0.423 e. The fraction of sp³-hybridized carbons (Fsp3) is 0. The summed E-state index contributed by atoms with van der Waals surface area (Å²) in [6, 6.07) is 0. The molecule has 0 aliphatic heterocycles. The van der Waals surface area contributed by atoms with Crippen molar-refractivity contribution in [2.75, 3.05) is 0 Å². The Kier molecular flexibility index (Phi) is 4.31. The van der Waals surface area contributed by atoms with E-state index in [0.29, 0.717) is 0 Å². The average Bonchev–Trinajstić information content (AvgIpc) is 1.82. The molecule has 0 aromatic rings. The minimum Gasteiger partial charge on any atom is -0.423 e. The molecular formula is C3H8BN2O2P. The summed E-state index contributed by atoms with van der Waals surface area (Å²) in [7, 11) is 0.572. The van der Waals surface area contributed by atoms with E-state index in [1.807, 2.05) is 0 Å². The molecule has 0 saturated heterocycles. The SMILES string of the molecule is N=C/C(=C\NP)B(O)O. The molecule has 0 aliphatic carbocycles. The Morgan fingerprint density at radius 2 is 2.22 bits per heavy atom. The zero-order valence-electron chi connectivity index (χ0n) is 4.70. The summed E-state index contributed by atoms with van der Waals surface area (Å²) in [6.45, 7) is 0. The highest BCUT2D eigenvalue weighted by Gasteiger charge is 2.10. The second-order valence-corrected chi connectivity index (χ2v) is 1.66. The van der Waals surface area contributed by atoms with Gasteiger partial charge in [0.15, 0.2) is 0 Å². The quantitative estimate of drug-likeness (QED) is 0.232. The third-order valence-electron chi connectivity index (χ3n) is 0.715. The van der Waals surface area contributed by atoms with Crippen LogP contribution in [-0.2, 0) is 0 Å². The Labute approximate surface area is 55.9 Å². The summed E-state index contributed by atoms with van der Waals surface area (Å²) < 4.78 is 0. The lowest BCUT2D eigenvalue weighted by atomic mass is 9.81. The van der Waals surface area contributed by atoms with E-state index in [2.05, 4.69) is 14.5 Å². The topological polar surface area (TPSA) is 76.3 Å². The van der Waals surface area contributed by atoms with Crippen molar-refractivity contribution >= 4 is 22.7 Å². The Hall–Kier alpha value is -0.375. The van der Waals surface area contributed by atoms with Crippen LogP contribution in [0.3, 0.4) is 0 Å². The van der Waals surface area contributed by atoms with E-state index in [1.165, 1.54) is 6.20 Å². The Morgan fingerprint density at radius 1 is 1.67 bits per heavy atom. The molecule has 1 atom stereocenters. The second-order valence-electron chi connectivity index (χ2n) is 1.33. The molecule has 0 aromatic heterocycles. The first-order chi connectivity index (χ1) is 4.22. The van der Waals surface area contributed by atoms with Gasteiger partial charge in [-0.25, -0.2) is 0 Å². The van der Waals surface area contributed by atoms with Crippen LogP contribution >= 0.6 is 9.39 Å². The molecule has 0 aliphatic rings. The predicted octanol–water partition coefficient (Wildman–Crippen LogP) is -1.09. The molecule has 0 amide bonds. The molecule has 4 N–H and O–H groups in total. The van der Waals surface area contributed by atoms with Crippen molar-refractivity contribution in [3.05, 3.63) is 11.7 Å². The van der Waals surface area contributed by atoms with Crippen molar-refractivity contribution in [2.24, 2.45) is 0 Å². The van der Waals surface area contributed by atoms with Gasteiger partial charge in [0, 0.05) is 17.9 Å². The Balaban J connectivity index is 3.97. The molecule has 9 heavy (non-hydrogen) atoms. The lowest BCUT2D eigenvalue weighted by Gasteiger charge is -1.95. The van der Waals surface area contributed by atoms with E-state index < -0.39 is 7.12 Å². The van der Waals surface area contributed by atoms with E-state index in [1.54, 1.807) is 0 Å². The third-order valence-corrected chi connectivity index (χ3v) is 0.881. The average molecular weight is 146 g/mol. The zero-order chi connectivity index (χ0) is 7.28. The number of hydrogen-bond donors (Lipinski definition) is 4. The Bertz CT molecular complexity index is 127. The van der Waals surface area contributed by atoms with Gasteiger partial charge in [-0.15, -0.1) is 0 Å². The number of hydrogen-bond acceptors (Lipinski definition) is 4. The van der Waals surface area contributed by atoms with Crippen molar-refractivity contribution in [1.29, 1.82) is 5.41 Å². The van der Waals surface area contributed by atoms with Crippen LogP contribution in [-0.4, -0.2) is 23.4 Å². The molecule has 0 heterocycles. The third kappa shape index (κ3) is 3.24. The molecule has 1 unspecified atom stereocenters. The minimum absolute atomic E-state index is 0.116. The van der Waals surface area contributed by atoms with Gasteiger partial charge in [0.25, 0.3) is 0 Å². The first-order valence-corrected chi connectivity index (χ1v) is 2.83.